The van der Waals surface area contributed by atoms with Crippen LogP contribution in [0.5, 0.6) is 0 Å². The number of allylic oxidation sites excluding steroid dienone is 1. The van der Waals surface area contributed by atoms with Gasteiger partial charge in [0.25, 0.3) is 0 Å². The molecule has 0 saturated carbocycles. The van der Waals surface area contributed by atoms with E-state index in [0.717, 1.165) is 28.1 Å². The van der Waals surface area contributed by atoms with Crippen LogP contribution >= 0.6 is 0 Å². The third-order valence-corrected chi connectivity index (χ3v) is 4.49. The third-order valence-electron chi connectivity index (χ3n) is 4.49. The van der Waals surface area contributed by atoms with Crippen LogP contribution in [-0.4, -0.2) is 9.97 Å². The van der Waals surface area contributed by atoms with Gasteiger partial charge in [0.15, 0.2) is 0 Å². The topological polar surface area (TPSA) is 121 Å². The Morgan fingerprint density at radius 2 is 1.71 bits per heavy atom. The fourth-order valence-electron chi connectivity index (χ4n) is 3.06. The molecule has 0 spiro atoms. The summed E-state index contributed by atoms with van der Waals surface area (Å²) < 4.78 is 0. The number of aryl methyl sites for hydroxylation is 2. The van der Waals surface area contributed by atoms with Gasteiger partial charge in [-0.2, -0.15) is 20.8 Å². The van der Waals surface area contributed by atoms with Crippen LogP contribution in [0.25, 0.3) is 6.08 Å². The van der Waals surface area contributed by atoms with Crippen molar-refractivity contribution >= 4 is 29.2 Å². The fraction of sp³-hybridized carbons (Fsp3) is 0.125. The lowest BCUT2D eigenvalue weighted by Gasteiger charge is -2.14. The van der Waals surface area contributed by atoms with Gasteiger partial charge < -0.3 is 10.6 Å². The maximum Gasteiger partial charge on any atom is 0.229 e. The first kappa shape index (κ1) is 21.0. The molecule has 3 aromatic rings. The summed E-state index contributed by atoms with van der Waals surface area (Å²) in [6.07, 6.45) is 3.48. The standard InChI is InChI=1S/C24H19N7/c1-16-11-20(13-19(15-27)7-9-25)12-17(2)23(16)30-22-8-10-28-24(31-22)29-21-5-3-18(14-26)4-6-21/h3-6,8,10-13H,7H2,1-2H3,(H2,28,29,30,31)/b19-13+. The van der Waals surface area contributed by atoms with Gasteiger partial charge in [0.1, 0.15) is 5.82 Å². The Morgan fingerprint density at radius 1 is 1.00 bits per heavy atom. The molecular formula is C24H19N7. The third kappa shape index (κ3) is 5.44. The minimum absolute atomic E-state index is 0.0878. The monoisotopic (exact) mass is 405 g/mol. The number of nitrogens with zero attached hydrogens (tertiary/aromatic N) is 5. The second-order valence-electron chi connectivity index (χ2n) is 6.85. The molecule has 0 amide bonds. The molecule has 0 aliphatic rings. The van der Waals surface area contributed by atoms with Gasteiger partial charge in [-0.15, -0.1) is 0 Å². The van der Waals surface area contributed by atoms with E-state index in [9.17, 15) is 0 Å². The summed E-state index contributed by atoms with van der Waals surface area (Å²) in [6, 6.07) is 18.9. The summed E-state index contributed by atoms with van der Waals surface area (Å²) in [7, 11) is 0. The predicted molar refractivity (Wildman–Crippen MR) is 119 cm³/mol. The molecule has 1 aromatic heterocycles. The van der Waals surface area contributed by atoms with E-state index < -0.39 is 0 Å². The molecule has 2 N–H and O–H groups in total. The lowest BCUT2D eigenvalue weighted by molar-refractivity contribution is 1.16. The van der Waals surface area contributed by atoms with E-state index in [1.54, 1.807) is 42.6 Å². The van der Waals surface area contributed by atoms with E-state index in [0.29, 0.717) is 22.9 Å². The van der Waals surface area contributed by atoms with Crippen molar-refractivity contribution in [3.05, 3.63) is 76.5 Å². The van der Waals surface area contributed by atoms with Gasteiger partial charge in [-0.05, 0) is 79.1 Å². The largest absolute Gasteiger partial charge is 0.340 e. The predicted octanol–water partition coefficient (Wildman–Crippen LogP) is 5.27. The fourth-order valence-corrected chi connectivity index (χ4v) is 3.06. The van der Waals surface area contributed by atoms with E-state index in [1.807, 2.05) is 32.0 Å². The summed E-state index contributed by atoms with van der Waals surface area (Å²) in [5.74, 6) is 1.06. The summed E-state index contributed by atoms with van der Waals surface area (Å²) in [6.45, 7) is 3.94. The molecule has 1 heterocycles. The number of rotatable bonds is 6. The number of nitrogens with one attached hydrogen (secondary N) is 2. The van der Waals surface area contributed by atoms with E-state index in [1.165, 1.54) is 0 Å². The van der Waals surface area contributed by atoms with Crippen molar-refractivity contribution in [2.75, 3.05) is 10.6 Å². The normalized spacial score (nSPS) is 10.5. The average Bonchev–Trinajstić information content (AvgIpc) is 2.77. The highest BCUT2D eigenvalue weighted by molar-refractivity contribution is 5.70. The van der Waals surface area contributed by atoms with Gasteiger partial charge in [0.05, 0.1) is 30.2 Å². The van der Waals surface area contributed by atoms with Crippen molar-refractivity contribution in [2.45, 2.75) is 20.3 Å². The van der Waals surface area contributed by atoms with Gasteiger partial charge >= 0.3 is 0 Å². The molecule has 7 nitrogen and oxygen atoms in total. The maximum atomic E-state index is 9.15. The zero-order chi connectivity index (χ0) is 22.2. The molecule has 0 aliphatic carbocycles. The van der Waals surface area contributed by atoms with E-state index in [-0.39, 0.29) is 6.42 Å². The van der Waals surface area contributed by atoms with Crippen molar-refractivity contribution in [1.29, 1.82) is 15.8 Å². The molecular weight excluding hydrogens is 386 g/mol. The average molecular weight is 405 g/mol. The molecule has 0 atom stereocenters. The lowest BCUT2D eigenvalue weighted by Crippen LogP contribution is -2.02. The minimum atomic E-state index is 0.0878. The van der Waals surface area contributed by atoms with Crippen LogP contribution < -0.4 is 10.6 Å². The molecule has 0 radical (unpaired) electrons. The molecule has 3 rings (SSSR count). The van der Waals surface area contributed by atoms with Crippen LogP contribution in [0.1, 0.15) is 28.7 Å². The number of nitriles is 3. The molecule has 0 aliphatic heterocycles. The van der Waals surface area contributed by atoms with Crippen LogP contribution in [-0.2, 0) is 0 Å². The summed E-state index contributed by atoms with van der Waals surface area (Å²) in [5, 5.41) is 33.3. The maximum absolute atomic E-state index is 9.15. The second kappa shape index (κ2) is 9.69. The van der Waals surface area contributed by atoms with Gasteiger partial charge in [-0.3, -0.25) is 0 Å². The van der Waals surface area contributed by atoms with Crippen molar-refractivity contribution < 1.29 is 0 Å². The smallest absolute Gasteiger partial charge is 0.229 e. The summed E-state index contributed by atoms with van der Waals surface area (Å²) in [4.78, 5) is 8.75. The van der Waals surface area contributed by atoms with Gasteiger partial charge in [-0.25, -0.2) is 4.98 Å². The Balaban J connectivity index is 1.81. The molecule has 7 heteroatoms. The summed E-state index contributed by atoms with van der Waals surface area (Å²) in [5.41, 5.74) is 5.56. The van der Waals surface area contributed by atoms with Crippen LogP contribution in [0.2, 0.25) is 0 Å². The molecule has 0 bridgehead atoms. The molecule has 0 saturated heterocycles. The number of hydrogen-bond donors (Lipinski definition) is 2. The zero-order valence-electron chi connectivity index (χ0n) is 17.1. The Morgan fingerprint density at radius 3 is 2.32 bits per heavy atom. The zero-order valence-corrected chi connectivity index (χ0v) is 17.1. The Labute approximate surface area is 180 Å². The highest BCUT2D eigenvalue weighted by Crippen LogP contribution is 2.27. The van der Waals surface area contributed by atoms with Crippen LogP contribution in [0.4, 0.5) is 23.1 Å². The quantitative estimate of drug-likeness (QED) is 0.535. The van der Waals surface area contributed by atoms with Crippen molar-refractivity contribution in [3.8, 4) is 18.2 Å². The molecule has 0 unspecified atom stereocenters. The number of hydrogen-bond acceptors (Lipinski definition) is 7. The molecule has 31 heavy (non-hydrogen) atoms. The Kier molecular flexibility index (Phi) is 6.58. The van der Waals surface area contributed by atoms with Gasteiger partial charge in [0, 0.05) is 23.1 Å². The minimum Gasteiger partial charge on any atom is -0.340 e. The van der Waals surface area contributed by atoms with Crippen molar-refractivity contribution in [2.24, 2.45) is 0 Å². The van der Waals surface area contributed by atoms with E-state index >= 15 is 0 Å². The first-order chi connectivity index (χ1) is 15.0. The van der Waals surface area contributed by atoms with Crippen LogP contribution in [0.15, 0.2) is 54.2 Å². The van der Waals surface area contributed by atoms with Crippen molar-refractivity contribution in [3.63, 3.8) is 0 Å². The van der Waals surface area contributed by atoms with Gasteiger partial charge in [-0.1, -0.05) is 0 Å². The van der Waals surface area contributed by atoms with Crippen LogP contribution in [0.3, 0.4) is 0 Å². The highest BCUT2D eigenvalue weighted by atomic mass is 15.1. The second-order valence-corrected chi connectivity index (χ2v) is 6.85. The van der Waals surface area contributed by atoms with E-state index in [2.05, 4.69) is 32.7 Å². The van der Waals surface area contributed by atoms with Crippen LogP contribution in [0, 0.1) is 47.8 Å². The van der Waals surface area contributed by atoms with Gasteiger partial charge in [0.2, 0.25) is 5.95 Å². The van der Waals surface area contributed by atoms with E-state index in [4.69, 9.17) is 15.8 Å². The SMILES string of the molecule is Cc1cc(/C=C(/C#N)CC#N)cc(C)c1Nc1ccnc(Nc2ccc(C#N)cc2)n1. The number of anilines is 4. The lowest BCUT2D eigenvalue weighted by atomic mass is 10.0. The first-order valence-electron chi connectivity index (χ1n) is 9.48. The Bertz CT molecular complexity index is 1230. The molecule has 2 aromatic carbocycles. The molecule has 150 valence electrons. The highest BCUT2D eigenvalue weighted by Gasteiger charge is 2.08. The summed E-state index contributed by atoms with van der Waals surface area (Å²) >= 11 is 0. The molecule has 0 fully saturated rings. The number of aromatic nitrogens is 2. The first-order valence-corrected chi connectivity index (χ1v) is 9.48. The van der Waals surface area contributed by atoms with Crippen molar-refractivity contribution in [1.82, 2.24) is 9.97 Å². The Hall–Kier alpha value is -4.67. The number of benzene rings is 2.